The number of pyridine rings is 1. The number of rotatable bonds is 6. The standard InChI is InChI=1S/C21H19N5O3S/c1-26-7-6-13(9-19(26)28)12-2-5-16-17(8-12)30-21(25-16)15(10-22)20(29)23-11-18(27)24-14-3-4-14/h2,5-9,14-15H,3-4,11H2,1H3,(H,23,29)(H,24,27). The number of hydrogen-bond donors (Lipinski definition) is 2. The molecule has 1 unspecified atom stereocenters. The maximum atomic E-state index is 12.4. The number of hydrogen-bond acceptors (Lipinski definition) is 6. The number of thiazole rings is 1. The van der Waals surface area contributed by atoms with E-state index in [1.807, 2.05) is 24.3 Å². The summed E-state index contributed by atoms with van der Waals surface area (Å²) >= 11 is 1.25. The molecular weight excluding hydrogens is 402 g/mol. The summed E-state index contributed by atoms with van der Waals surface area (Å²) in [7, 11) is 1.69. The first-order chi connectivity index (χ1) is 14.4. The second-order valence-electron chi connectivity index (χ2n) is 7.22. The topological polar surface area (TPSA) is 117 Å². The lowest BCUT2D eigenvalue weighted by Gasteiger charge is -2.08. The van der Waals surface area contributed by atoms with E-state index in [4.69, 9.17) is 0 Å². The maximum absolute atomic E-state index is 12.4. The number of nitriles is 1. The highest BCUT2D eigenvalue weighted by atomic mass is 32.1. The molecule has 1 saturated carbocycles. The molecule has 1 aliphatic carbocycles. The fraction of sp³-hybridized carbons (Fsp3) is 0.286. The summed E-state index contributed by atoms with van der Waals surface area (Å²) in [5.41, 5.74) is 2.20. The predicted molar refractivity (Wildman–Crippen MR) is 113 cm³/mol. The van der Waals surface area contributed by atoms with Crippen molar-refractivity contribution in [3.05, 3.63) is 51.9 Å². The molecule has 1 atom stereocenters. The minimum Gasteiger partial charge on any atom is -0.352 e. The molecule has 4 rings (SSSR count). The Hall–Kier alpha value is -3.51. The maximum Gasteiger partial charge on any atom is 0.250 e. The van der Waals surface area contributed by atoms with Gasteiger partial charge in [0.1, 0.15) is 5.01 Å². The number of nitrogens with zero attached hydrogens (tertiary/aromatic N) is 3. The largest absolute Gasteiger partial charge is 0.352 e. The molecule has 8 nitrogen and oxygen atoms in total. The van der Waals surface area contributed by atoms with Crippen molar-refractivity contribution in [2.45, 2.75) is 24.8 Å². The molecule has 0 bridgehead atoms. The first-order valence-electron chi connectivity index (χ1n) is 9.49. The SMILES string of the molecule is Cn1ccc(-c2ccc3nc(C(C#N)C(=O)NCC(=O)NC4CC4)sc3c2)cc1=O. The van der Waals surface area contributed by atoms with Crippen LogP contribution in [-0.4, -0.2) is 34.0 Å². The Morgan fingerprint density at radius 2 is 2.07 bits per heavy atom. The Balaban J connectivity index is 1.53. The molecule has 2 amide bonds. The number of carbonyl (C=O) groups excluding carboxylic acids is 2. The fourth-order valence-corrected chi connectivity index (χ4v) is 4.03. The quantitative estimate of drug-likeness (QED) is 0.628. The molecule has 2 aromatic heterocycles. The number of benzene rings is 1. The first kappa shape index (κ1) is 19.8. The van der Waals surface area contributed by atoms with Crippen LogP contribution >= 0.6 is 11.3 Å². The Labute approximate surface area is 176 Å². The average molecular weight is 421 g/mol. The summed E-state index contributed by atoms with van der Waals surface area (Å²) in [5, 5.41) is 15.2. The zero-order valence-electron chi connectivity index (χ0n) is 16.2. The van der Waals surface area contributed by atoms with E-state index in [1.165, 1.54) is 15.9 Å². The average Bonchev–Trinajstić information content (AvgIpc) is 3.44. The van der Waals surface area contributed by atoms with E-state index < -0.39 is 11.8 Å². The molecule has 0 radical (unpaired) electrons. The van der Waals surface area contributed by atoms with Gasteiger partial charge >= 0.3 is 0 Å². The van der Waals surface area contributed by atoms with Crippen LogP contribution < -0.4 is 16.2 Å². The first-order valence-corrected chi connectivity index (χ1v) is 10.3. The smallest absolute Gasteiger partial charge is 0.250 e. The highest BCUT2D eigenvalue weighted by molar-refractivity contribution is 7.18. The zero-order valence-corrected chi connectivity index (χ0v) is 17.0. The van der Waals surface area contributed by atoms with Crippen molar-refractivity contribution >= 4 is 33.4 Å². The van der Waals surface area contributed by atoms with Gasteiger partial charge in [-0.05, 0) is 42.2 Å². The van der Waals surface area contributed by atoms with Crippen LogP contribution in [0.25, 0.3) is 21.3 Å². The van der Waals surface area contributed by atoms with Crippen LogP contribution in [0.2, 0.25) is 0 Å². The molecule has 3 aromatic rings. The number of fused-ring (bicyclic) bond motifs is 1. The van der Waals surface area contributed by atoms with Gasteiger partial charge in [-0.2, -0.15) is 5.26 Å². The Morgan fingerprint density at radius 3 is 2.77 bits per heavy atom. The molecular formula is C21H19N5O3S. The van der Waals surface area contributed by atoms with Gasteiger partial charge in [-0.3, -0.25) is 14.4 Å². The lowest BCUT2D eigenvalue weighted by Crippen LogP contribution is -2.39. The van der Waals surface area contributed by atoms with E-state index >= 15 is 0 Å². The van der Waals surface area contributed by atoms with E-state index in [1.54, 1.807) is 25.4 Å². The van der Waals surface area contributed by atoms with Gasteiger partial charge in [0.15, 0.2) is 5.92 Å². The molecule has 0 aliphatic heterocycles. The van der Waals surface area contributed by atoms with Crippen molar-refractivity contribution in [2.24, 2.45) is 7.05 Å². The van der Waals surface area contributed by atoms with Crippen LogP contribution in [0.4, 0.5) is 0 Å². The van der Waals surface area contributed by atoms with Gasteiger partial charge in [0.05, 0.1) is 22.8 Å². The molecule has 2 heterocycles. The summed E-state index contributed by atoms with van der Waals surface area (Å²) < 4.78 is 2.30. The van der Waals surface area contributed by atoms with Gasteiger partial charge in [0.25, 0.3) is 5.56 Å². The second-order valence-corrected chi connectivity index (χ2v) is 8.28. The van der Waals surface area contributed by atoms with Gasteiger partial charge in [-0.1, -0.05) is 6.07 Å². The van der Waals surface area contributed by atoms with Crippen LogP contribution in [0.3, 0.4) is 0 Å². The lowest BCUT2D eigenvalue weighted by atomic mass is 10.1. The molecule has 0 saturated heterocycles. The normalized spacial score (nSPS) is 14.1. The van der Waals surface area contributed by atoms with Crippen molar-refractivity contribution in [1.29, 1.82) is 5.26 Å². The third kappa shape index (κ3) is 4.23. The van der Waals surface area contributed by atoms with Crippen molar-refractivity contribution < 1.29 is 9.59 Å². The van der Waals surface area contributed by atoms with E-state index in [2.05, 4.69) is 15.6 Å². The minimum absolute atomic E-state index is 0.107. The number of nitrogens with one attached hydrogen (secondary N) is 2. The van der Waals surface area contributed by atoms with E-state index in [-0.39, 0.29) is 24.1 Å². The molecule has 1 aliphatic rings. The number of aryl methyl sites for hydroxylation is 1. The van der Waals surface area contributed by atoms with Crippen LogP contribution in [0, 0.1) is 11.3 Å². The van der Waals surface area contributed by atoms with Crippen molar-refractivity contribution in [3.8, 4) is 17.2 Å². The third-order valence-electron chi connectivity index (χ3n) is 4.85. The van der Waals surface area contributed by atoms with Crippen LogP contribution in [0.15, 0.2) is 41.3 Å². The highest BCUT2D eigenvalue weighted by Crippen LogP contribution is 2.31. The Morgan fingerprint density at radius 1 is 1.30 bits per heavy atom. The van der Waals surface area contributed by atoms with Gasteiger partial charge in [0, 0.05) is 25.4 Å². The number of amides is 2. The summed E-state index contributed by atoms with van der Waals surface area (Å²) in [4.78, 5) is 40.5. The summed E-state index contributed by atoms with van der Waals surface area (Å²) in [6.07, 6.45) is 3.63. The monoisotopic (exact) mass is 421 g/mol. The molecule has 9 heteroatoms. The van der Waals surface area contributed by atoms with E-state index in [0.717, 1.165) is 28.7 Å². The van der Waals surface area contributed by atoms with Crippen LogP contribution in [-0.2, 0) is 16.6 Å². The minimum atomic E-state index is -1.09. The van der Waals surface area contributed by atoms with Gasteiger partial charge < -0.3 is 15.2 Å². The number of aromatic nitrogens is 2. The molecule has 1 aromatic carbocycles. The summed E-state index contributed by atoms with van der Waals surface area (Å²) in [6, 6.07) is 11.1. The predicted octanol–water partition coefficient (Wildman–Crippen LogP) is 1.66. The molecule has 30 heavy (non-hydrogen) atoms. The van der Waals surface area contributed by atoms with Gasteiger partial charge in [-0.15, -0.1) is 11.3 Å². The van der Waals surface area contributed by atoms with Crippen LogP contribution in [0.5, 0.6) is 0 Å². The molecule has 0 spiro atoms. The summed E-state index contributed by atoms with van der Waals surface area (Å²) in [6.45, 7) is -0.161. The van der Waals surface area contributed by atoms with Gasteiger partial charge in [-0.25, -0.2) is 4.98 Å². The highest BCUT2D eigenvalue weighted by Gasteiger charge is 2.26. The third-order valence-corrected chi connectivity index (χ3v) is 5.93. The van der Waals surface area contributed by atoms with E-state index in [9.17, 15) is 19.6 Å². The lowest BCUT2D eigenvalue weighted by molar-refractivity contribution is -0.126. The second kappa shape index (κ2) is 8.08. The molecule has 152 valence electrons. The van der Waals surface area contributed by atoms with Crippen LogP contribution in [0.1, 0.15) is 23.8 Å². The van der Waals surface area contributed by atoms with Crippen molar-refractivity contribution in [1.82, 2.24) is 20.2 Å². The molecule has 1 fully saturated rings. The van der Waals surface area contributed by atoms with Gasteiger partial charge in [0.2, 0.25) is 11.8 Å². The summed E-state index contributed by atoms with van der Waals surface area (Å²) in [5.74, 6) is -1.90. The zero-order chi connectivity index (χ0) is 21.3. The van der Waals surface area contributed by atoms with Crippen molar-refractivity contribution in [2.75, 3.05) is 6.54 Å². The Bertz CT molecular complexity index is 1240. The van der Waals surface area contributed by atoms with Crippen molar-refractivity contribution in [3.63, 3.8) is 0 Å². The van der Waals surface area contributed by atoms with E-state index in [0.29, 0.717) is 10.5 Å². The Kier molecular flexibility index (Phi) is 5.33. The fourth-order valence-electron chi connectivity index (χ4n) is 2.98. The molecule has 2 N–H and O–H groups in total. The number of carbonyl (C=O) groups is 2.